The van der Waals surface area contributed by atoms with E-state index >= 15 is 0 Å². The maximum absolute atomic E-state index is 13.4. The topological polar surface area (TPSA) is 50.8 Å². The van der Waals surface area contributed by atoms with Crippen LogP contribution in [0.2, 0.25) is 0 Å². The van der Waals surface area contributed by atoms with E-state index in [1.54, 1.807) is 0 Å². The lowest BCUT2D eigenvalue weighted by molar-refractivity contribution is 0.0974. The lowest BCUT2D eigenvalue weighted by Crippen LogP contribution is -2.43. The summed E-state index contributed by atoms with van der Waals surface area (Å²) < 4.78 is 11.0. The van der Waals surface area contributed by atoms with Gasteiger partial charge in [-0.1, -0.05) is 36.4 Å². The van der Waals surface area contributed by atoms with Gasteiger partial charge in [-0.3, -0.25) is 9.69 Å². The highest BCUT2D eigenvalue weighted by Gasteiger charge is 2.35. The summed E-state index contributed by atoms with van der Waals surface area (Å²) >= 11 is 0. The van der Waals surface area contributed by atoms with Crippen LogP contribution in [-0.2, 0) is 0 Å². The number of hydrogen-bond acceptors (Lipinski definition) is 4. The van der Waals surface area contributed by atoms with Crippen molar-refractivity contribution in [3.8, 4) is 11.5 Å². The van der Waals surface area contributed by atoms with Gasteiger partial charge in [0.1, 0.15) is 6.17 Å². The van der Waals surface area contributed by atoms with Crippen molar-refractivity contribution < 1.29 is 14.3 Å². The number of ether oxygens (including phenoxy) is 2. The molecule has 0 bridgehead atoms. The molecule has 2 aliphatic heterocycles. The third-order valence-corrected chi connectivity index (χ3v) is 5.01. The molecule has 0 aliphatic carbocycles. The molecule has 0 aromatic heterocycles. The Labute approximate surface area is 157 Å². The van der Waals surface area contributed by atoms with Gasteiger partial charge < -0.3 is 14.8 Å². The van der Waals surface area contributed by atoms with Gasteiger partial charge >= 0.3 is 0 Å². The monoisotopic (exact) mass is 358 g/mol. The van der Waals surface area contributed by atoms with Crippen LogP contribution in [0.1, 0.15) is 27.7 Å². The van der Waals surface area contributed by atoms with Gasteiger partial charge in [-0.15, -0.1) is 0 Å². The summed E-state index contributed by atoms with van der Waals surface area (Å²) in [6.45, 7) is 2.24. The van der Waals surface area contributed by atoms with Crippen molar-refractivity contribution in [1.29, 1.82) is 0 Å². The van der Waals surface area contributed by atoms with Gasteiger partial charge in [0.15, 0.2) is 11.5 Å². The Hall–Kier alpha value is -3.47. The quantitative estimate of drug-likeness (QED) is 0.733. The van der Waals surface area contributed by atoms with E-state index in [1.165, 1.54) is 0 Å². The van der Waals surface area contributed by atoms with Crippen molar-refractivity contribution in [1.82, 2.24) is 0 Å². The van der Waals surface area contributed by atoms with E-state index in [1.807, 2.05) is 78.6 Å². The van der Waals surface area contributed by atoms with E-state index in [-0.39, 0.29) is 18.9 Å². The van der Waals surface area contributed by atoms with E-state index in [0.717, 1.165) is 28.3 Å². The minimum Gasteiger partial charge on any atom is -0.454 e. The molecule has 5 rings (SSSR count). The van der Waals surface area contributed by atoms with Gasteiger partial charge in [0.25, 0.3) is 5.91 Å². The van der Waals surface area contributed by atoms with Crippen molar-refractivity contribution in [2.24, 2.45) is 0 Å². The van der Waals surface area contributed by atoms with E-state index < -0.39 is 0 Å². The van der Waals surface area contributed by atoms with Crippen LogP contribution >= 0.6 is 0 Å². The second-order valence-electron chi connectivity index (χ2n) is 6.67. The minimum absolute atomic E-state index is 0.0266. The average Bonchev–Trinajstić information content (AvgIpc) is 3.17. The molecule has 0 spiro atoms. The Morgan fingerprint density at radius 1 is 0.963 bits per heavy atom. The second kappa shape index (κ2) is 6.06. The predicted molar refractivity (Wildman–Crippen MR) is 103 cm³/mol. The molecule has 3 aromatic rings. The van der Waals surface area contributed by atoms with Gasteiger partial charge in [-0.05, 0) is 48.4 Å². The predicted octanol–water partition coefficient (Wildman–Crippen LogP) is 4.49. The molecule has 5 heteroatoms. The molecule has 2 heterocycles. The van der Waals surface area contributed by atoms with Gasteiger partial charge in [0.2, 0.25) is 6.79 Å². The van der Waals surface area contributed by atoms with Crippen molar-refractivity contribution in [2.75, 3.05) is 17.0 Å². The number of para-hydroxylation sites is 2. The fourth-order valence-electron chi connectivity index (χ4n) is 3.65. The molecule has 134 valence electrons. The summed E-state index contributed by atoms with van der Waals surface area (Å²) in [5, 5.41) is 3.52. The normalized spacial score (nSPS) is 17.4. The SMILES string of the molecule is Cc1ccccc1N1C(=O)c2ccccc2N[C@@H]1c1ccc2c(c1)OCO2. The van der Waals surface area contributed by atoms with Crippen LogP contribution in [-0.4, -0.2) is 12.7 Å². The molecule has 0 unspecified atom stereocenters. The molecular formula is C22H18N2O3. The molecular weight excluding hydrogens is 340 g/mol. The summed E-state index contributed by atoms with van der Waals surface area (Å²) in [5.74, 6) is 1.40. The Morgan fingerprint density at radius 3 is 2.63 bits per heavy atom. The van der Waals surface area contributed by atoms with Crippen LogP contribution in [0.3, 0.4) is 0 Å². The number of carbonyl (C=O) groups is 1. The first-order valence-electron chi connectivity index (χ1n) is 8.87. The maximum atomic E-state index is 13.4. The number of amides is 1. The first kappa shape index (κ1) is 15.8. The first-order valence-corrected chi connectivity index (χ1v) is 8.87. The first-order chi connectivity index (χ1) is 13.2. The molecule has 0 radical (unpaired) electrons. The lowest BCUT2D eigenvalue weighted by Gasteiger charge is -2.38. The number of rotatable bonds is 2. The Kier molecular flexibility index (Phi) is 3.53. The summed E-state index contributed by atoms with van der Waals surface area (Å²) in [7, 11) is 0. The number of nitrogens with zero attached hydrogens (tertiary/aromatic N) is 1. The molecule has 1 atom stereocenters. The largest absolute Gasteiger partial charge is 0.454 e. The number of fused-ring (bicyclic) bond motifs is 2. The summed E-state index contributed by atoms with van der Waals surface area (Å²) in [5.41, 5.74) is 4.35. The van der Waals surface area contributed by atoms with Crippen molar-refractivity contribution in [2.45, 2.75) is 13.1 Å². The Morgan fingerprint density at radius 2 is 1.74 bits per heavy atom. The van der Waals surface area contributed by atoms with E-state index in [9.17, 15) is 4.79 Å². The second-order valence-corrected chi connectivity index (χ2v) is 6.67. The average molecular weight is 358 g/mol. The molecule has 1 N–H and O–H groups in total. The number of hydrogen-bond donors (Lipinski definition) is 1. The van der Waals surface area contributed by atoms with Gasteiger partial charge in [-0.25, -0.2) is 0 Å². The standard InChI is InChI=1S/C22H18N2O3/c1-14-6-2-5-9-18(14)24-21(15-10-11-19-20(12-15)27-13-26-19)23-17-8-4-3-7-16(17)22(24)25/h2-12,21,23H,13H2,1H3/t21-/m0/s1. The zero-order chi connectivity index (χ0) is 18.4. The summed E-state index contributed by atoms with van der Waals surface area (Å²) in [4.78, 5) is 15.2. The van der Waals surface area contributed by atoms with E-state index in [4.69, 9.17) is 9.47 Å². The van der Waals surface area contributed by atoms with E-state index in [2.05, 4.69) is 5.32 Å². The van der Waals surface area contributed by atoms with Crippen LogP contribution in [0.15, 0.2) is 66.7 Å². The number of aryl methyl sites for hydroxylation is 1. The van der Waals surface area contributed by atoms with Crippen LogP contribution in [0.25, 0.3) is 0 Å². The number of anilines is 2. The molecule has 27 heavy (non-hydrogen) atoms. The Balaban J connectivity index is 1.67. The minimum atomic E-state index is -0.344. The van der Waals surface area contributed by atoms with Crippen LogP contribution in [0, 0.1) is 6.92 Å². The fraction of sp³-hybridized carbons (Fsp3) is 0.136. The van der Waals surface area contributed by atoms with Crippen LogP contribution < -0.4 is 19.7 Å². The lowest BCUT2D eigenvalue weighted by atomic mass is 10.0. The molecule has 2 aliphatic rings. The van der Waals surface area contributed by atoms with E-state index in [0.29, 0.717) is 11.3 Å². The molecule has 1 amide bonds. The summed E-state index contributed by atoms with van der Waals surface area (Å²) in [6, 6.07) is 21.3. The maximum Gasteiger partial charge on any atom is 0.262 e. The van der Waals surface area contributed by atoms with Gasteiger partial charge in [0.05, 0.1) is 5.56 Å². The highest BCUT2D eigenvalue weighted by Crippen LogP contribution is 2.41. The smallest absolute Gasteiger partial charge is 0.262 e. The molecule has 0 fully saturated rings. The zero-order valence-corrected chi connectivity index (χ0v) is 14.8. The summed E-state index contributed by atoms with van der Waals surface area (Å²) in [6.07, 6.45) is -0.344. The van der Waals surface area contributed by atoms with Crippen LogP contribution in [0.4, 0.5) is 11.4 Å². The molecule has 3 aromatic carbocycles. The fourth-order valence-corrected chi connectivity index (χ4v) is 3.65. The van der Waals surface area contributed by atoms with Crippen molar-refractivity contribution in [3.63, 3.8) is 0 Å². The molecule has 0 saturated heterocycles. The van der Waals surface area contributed by atoms with Crippen molar-refractivity contribution in [3.05, 3.63) is 83.4 Å². The number of carbonyl (C=O) groups excluding carboxylic acids is 1. The van der Waals surface area contributed by atoms with Crippen molar-refractivity contribution >= 4 is 17.3 Å². The third-order valence-electron chi connectivity index (χ3n) is 5.01. The molecule has 5 nitrogen and oxygen atoms in total. The highest BCUT2D eigenvalue weighted by molar-refractivity contribution is 6.12. The van der Waals surface area contributed by atoms with Gasteiger partial charge in [-0.2, -0.15) is 0 Å². The van der Waals surface area contributed by atoms with Crippen LogP contribution in [0.5, 0.6) is 11.5 Å². The number of benzene rings is 3. The highest BCUT2D eigenvalue weighted by atomic mass is 16.7. The number of nitrogens with one attached hydrogen (secondary N) is 1. The zero-order valence-electron chi connectivity index (χ0n) is 14.8. The Bertz CT molecular complexity index is 1050. The third kappa shape index (κ3) is 2.51. The molecule has 0 saturated carbocycles. The van der Waals surface area contributed by atoms with Gasteiger partial charge in [0, 0.05) is 11.4 Å².